The molecule has 0 saturated carbocycles. The zero-order chi connectivity index (χ0) is 5.98. The summed E-state index contributed by atoms with van der Waals surface area (Å²) in [5, 5.41) is 3.20. The molecular weight excluding hydrogens is 106 g/mol. The van der Waals surface area contributed by atoms with E-state index >= 15 is 0 Å². The average Bonchev–Trinajstić information content (AvgIpc) is 1.64. The van der Waals surface area contributed by atoms with Crippen molar-refractivity contribution in [3.05, 3.63) is 0 Å². The first kappa shape index (κ1) is 5.28. The Morgan fingerprint density at radius 1 is 1.12 bits per heavy atom. The highest BCUT2D eigenvalue weighted by Gasteiger charge is 2.15. The van der Waals surface area contributed by atoms with Gasteiger partial charge in [0.1, 0.15) is 0 Å². The van der Waals surface area contributed by atoms with Crippen molar-refractivity contribution in [1.82, 2.24) is 5.32 Å². The lowest BCUT2D eigenvalue weighted by Gasteiger charge is -2.04. The molecule has 0 spiro atoms. The molecule has 3 heteroatoms. The molecule has 0 aromatic rings. The van der Waals surface area contributed by atoms with E-state index in [1.807, 2.05) is 0 Å². The summed E-state index contributed by atoms with van der Waals surface area (Å²) < 4.78 is 0. The molecule has 0 bridgehead atoms. The Hall–Kier alpha value is -0.860. The van der Waals surface area contributed by atoms with E-state index in [0.29, 0.717) is 19.3 Å². The molecule has 1 heterocycles. The van der Waals surface area contributed by atoms with Gasteiger partial charge in [-0.3, -0.25) is 9.59 Å². The largest absolute Gasteiger partial charge is 0.273 e. The second-order valence-electron chi connectivity index (χ2n) is 1.75. The standard InChI is InChI=1S/C5H6NO2/c7-4-2-1-3-5(8)6-4/h1-3H2. The molecule has 3 nitrogen and oxygen atoms in total. The van der Waals surface area contributed by atoms with E-state index in [-0.39, 0.29) is 11.8 Å². The minimum atomic E-state index is -0.263. The molecule has 0 atom stereocenters. The number of piperidine rings is 1. The van der Waals surface area contributed by atoms with Crippen molar-refractivity contribution >= 4 is 11.8 Å². The highest BCUT2D eigenvalue weighted by molar-refractivity contribution is 5.96. The van der Waals surface area contributed by atoms with Crippen LogP contribution >= 0.6 is 0 Å². The number of carbonyl (C=O) groups excluding carboxylic acids is 2. The molecule has 8 heavy (non-hydrogen) atoms. The normalized spacial score (nSPS) is 20.5. The Morgan fingerprint density at radius 3 is 1.88 bits per heavy atom. The molecule has 2 amide bonds. The summed E-state index contributed by atoms with van der Waals surface area (Å²) in [5.41, 5.74) is 0. The minimum absolute atomic E-state index is 0.263. The average molecular weight is 112 g/mol. The summed E-state index contributed by atoms with van der Waals surface area (Å²) in [5.74, 6) is -0.525. The molecule has 1 rings (SSSR count). The van der Waals surface area contributed by atoms with Crippen LogP contribution in [0, 0.1) is 0 Å². The van der Waals surface area contributed by atoms with Crippen LogP contribution in [-0.4, -0.2) is 11.8 Å². The smallest absolute Gasteiger partial charge is 0.248 e. The van der Waals surface area contributed by atoms with Crippen LogP contribution < -0.4 is 5.32 Å². The number of hydrogen-bond donors (Lipinski definition) is 0. The van der Waals surface area contributed by atoms with E-state index in [1.54, 1.807) is 0 Å². The highest BCUT2D eigenvalue weighted by Crippen LogP contribution is 2.02. The van der Waals surface area contributed by atoms with Crippen LogP contribution in [0.5, 0.6) is 0 Å². The van der Waals surface area contributed by atoms with Crippen LogP contribution in [0.3, 0.4) is 0 Å². The van der Waals surface area contributed by atoms with Crippen molar-refractivity contribution in [2.24, 2.45) is 0 Å². The number of rotatable bonds is 0. The first-order valence-corrected chi connectivity index (χ1v) is 2.56. The maximum absolute atomic E-state index is 10.3. The van der Waals surface area contributed by atoms with Crippen molar-refractivity contribution in [3.63, 3.8) is 0 Å². The summed E-state index contributed by atoms with van der Waals surface area (Å²) >= 11 is 0. The molecule has 0 aliphatic carbocycles. The molecule has 1 fully saturated rings. The second kappa shape index (κ2) is 1.94. The van der Waals surface area contributed by atoms with E-state index in [0.717, 1.165) is 0 Å². The van der Waals surface area contributed by atoms with Gasteiger partial charge in [0.15, 0.2) is 0 Å². The maximum atomic E-state index is 10.3. The number of amides is 2. The third-order valence-electron chi connectivity index (χ3n) is 1.03. The van der Waals surface area contributed by atoms with Crippen LogP contribution in [0.25, 0.3) is 0 Å². The van der Waals surface area contributed by atoms with Gasteiger partial charge < -0.3 is 0 Å². The fourth-order valence-electron chi connectivity index (χ4n) is 0.642. The number of carbonyl (C=O) groups is 2. The Balaban J connectivity index is 2.45. The highest BCUT2D eigenvalue weighted by atomic mass is 16.2. The molecule has 0 aromatic carbocycles. The van der Waals surface area contributed by atoms with Crippen molar-refractivity contribution in [2.45, 2.75) is 19.3 Å². The second-order valence-corrected chi connectivity index (χ2v) is 1.75. The summed E-state index contributed by atoms with van der Waals surface area (Å²) in [4.78, 5) is 20.6. The quantitative estimate of drug-likeness (QED) is 0.408. The first-order chi connectivity index (χ1) is 3.79. The molecule has 1 radical (unpaired) electrons. The van der Waals surface area contributed by atoms with Gasteiger partial charge >= 0.3 is 0 Å². The Morgan fingerprint density at radius 2 is 1.62 bits per heavy atom. The Labute approximate surface area is 47.1 Å². The van der Waals surface area contributed by atoms with Gasteiger partial charge in [0.05, 0.1) is 0 Å². The number of nitrogens with zero attached hydrogens (tertiary/aromatic N) is 1. The molecule has 1 saturated heterocycles. The maximum Gasteiger partial charge on any atom is 0.248 e. The van der Waals surface area contributed by atoms with Crippen LogP contribution in [0.15, 0.2) is 0 Å². The Kier molecular flexibility index (Phi) is 1.28. The van der Waals surface area contributed by atoms with Crippen molar-refractivity contribution in [3.8, 4) is 0 Å². The van der Waals surface area contributed by atoms with E-state index < -0.39 is 0 Å². The Bertz CT molecular complexity index is 116. The van der Waals surface area contributed by atoms with Crippen molar-refractivity contribution in [1.29, 1.82) is 0 Å². The monoisotopic (exact) mass is 112 g/mol. The van der Waals surface area contributed by atoms with Gasteiger partial charge in [0.2, 0.25) is 11.8 Å². The minimum Gasteiger partial charge on any atom is -0.273 e. The van der Waals surface area contributed by atoms with E-state index in [4.69, 9.17) is 0 Å². The first-order valence-electron chi connectivity index (χ1n) is 2.56. The lowest BCUT2D eigenvalue weighted by Crippen LogP contribution is -2.27. The molecule has 1 aliphatic heterocycles. The van der Waals surface area contributed by atoms with E-state index in [9.17, 15) is 9.59 Å². The predicted molar refractivity (Wildman–Crippen MR) is 26.0 cm³/mol. The molecule has 43 valence electrons. The van der Waals surface area contributed by atoms with Gasteiger partial charge in [-0.15, -0.1) is 0 Å². The topological polar surface area (TPSA) is 48.2 Å². The van der Waals surface area contributed by atoms with Gasteiger partial charge in [-0.2, -0.15) is 5.32 Å². The van der Waals surface area contributed by atoms with Gasteiger partial charge in [0, 0.05) is 12.8 Å². The van der Waals surface area contributed by atoms with Crippen molar-refractivity contribution < 1.29 is 9.59 Å². The zero-order valence-corrected chi connectivity index (χ0v) is 4.39. The number of hydrogen-bond acceptors (Lipinski definition) is 2. The summed E-state index contributed by atoms with van der Waals surface area (Å²) in [7, 11) is 0. The third-order valence-corrected chi connectivity index (χ3v) is 1.03. The predicted octanol–water partition coefficient (Wildman–Crippen LogP) is -0.172. The molecule has 0 unspecified atom stereocenters. The van der Waals surface area contributed by atoms with E-state index in [1.165, 1.54) is 0 Å². The fourth-order valence-corrected chi connectivity index (χ4v) is 0.642. The number of imide groups is 1. The zero-order valence-electron chi connectivity index (χ0n) is 4.39. The molecular formula is C5H6NO2. The molecule has 0 N–H and O–H groups in total. The fraction of sp³-hybridized carbons (Fsp3) is 0.600. The van der Waals surface area contributed by atoms with Crippen molar-refractivity contribution in [2.75, 3.05) is 0 Å². The molecule has 0 aromatic heterocycles. The van der Waals surface area contributed by atoms with Crippen LogP contribution in [-0.2, 0) is 9.59 Å². The lowest BCUT2D eigenvalue weighted by atomic mass is 10.1. The van der Waals surface area contributed by atoms with Crippen LogP contribution in [0.2, 0.25) is 0 Å². The van der Waals surface area contributed by atoms with E-state index in [2.05, 4.69) is 5.32 Å². The van der Waals surface area contributed by atoms with Gasteiger partial charge in [0.25, 0.3) is 0 Å². The van der Waals surface area contributed by atoms with Gasteiger partial charge in [-0.1, -0.05) is 0 Å². The SMILES string of the molecule is O=C1CCCC(=O)[N]1. The van der Waals surface area contributed by atoms with Gasteiger partial charge in [-0.05, 0) is 6.42 Å². The lowest BCUT2D eigenvalue weighted by molar-refractivity contribution is -0.133. The van der Waals surface area contributed by atoms with Gasteiger partial charge in [-0.25, -0.2) is 0 Å². The van der Waals surface area contributed by atoms with Crippen LogP contribution in [0.1, 0.15) is 19.3 Å². The summed E-state index contributed by atoms with van der Waals surface area (Å²) in [6.45, 7) is 0. The third kappa shape index (κ3) is 1.05. The molecule has 1 aliphatic rings. The van der Waals surface area contributed by atoms with Crippen LogP contribution in [0.4, 0.5) is 0 Å². The summed E-state index contributed by atoms with van der Waals surface area (Å²) in [6.07, 6.45) is 1.58. The summed E-state index contributed by atoms with van der Waals surface area (Å²) in [6, 6.07) is 0.